The second-order valence-corrected chi connectivity index (χ2v) is 5.76. The molecule has 2 rings (SSSR count). The van der Waals surface area contributed by atoms with Crippen molar-refractivity contribution in [3.05, 3.63) is 46.2 Å². The first-order valence-electron chi connectivity index (χ1n) is 6.16. The number of rotatable bonds is 4. The van der Waals surface area contributed by atoms with E-state index in [9.17, 15) is 0 Å². The minimum Gasteiger partial charge on any atom is -0.378 e. The van der Waals surface area contributed by atoms with Crippen molar-refractivity contribution in [1.29, 1.82) is 0 Å². The molecule has 3 heteroatoms. The van der Waals surface area contributed by atoms with Crippen LogP contribution in [0.3, 0.4) is 0 Å². The highest BCUT2D eigenvalue weighted by Gasteiger charge is 2.08. The lowest BCUT2D eigenvalue weighted by atomic mass is 10.1. The number of aryl methyl sites for hydroxylation is 1. The summed E-state index contributed by atoms with van der Waals surface area (Å²) in [5, 5.41) is 5.67. The maximum Gasteiger partial charge on any atom is 0.0578 e. The first kappa shape index (κ1) is 13.0. The number of hydrogen-bond acceptors (Lipinski definition) is 3. The third-order valence-corrected chi connectivity index (χ3v) is 4.10. The molecule has 1 aromatic carbocycles. The number of anilines is 2. The maximum atomic E-state index is 3.55. The van der Waals surface area contributed by atoms with Crippen LogP contribution in [0.15, 0.2) is 35.7 Å². The van der Waals surface area contributed by atoms with E-state index in [4.69, 9.17) is 0 Å². The van der Waals surface area contributed by atoms with E-state index in [1.807, 2.05) is 0 Å². The Morgan fingerprint density at radius 1 is 1.22 bits per heavy atom. The van der Waals surface area contributed by atoms with Crippen molar-refractivity contribution in [3.63, 3.8) is 0 Å². The van der Waals surface area contributed by atoms with Crippen LogP contribution in [0.2, 0.25) is 0 Å². The maximum absolute atomic E-state index is 3.55. The standard InChI is InChI=1S/C15H20N2S/c1-11-7-8-13(10-14(11)17(3)4)16-12(2)15-6-5-9-18-15/h5-10,12,16H,1-4H3. The summed E-state index contributed by atoms with van der Waals surface area (Å²) in [6.45, 7) is 4.34. The van der Waals surface area contributed by atoms with Crippen LogP contribution in [0.5, 0.6) is 0 Å². The van der Waals surface area contributed by atoms with Gasteiger partial charge in [-0.05, 0) is 43.0 Å². The molecule has 0 spiro atoms. The largest absolute Gasteiger partial charge is 0.378 e. The van der Waals surface area contributed by atoms with Crippen molar-refractivity contribution in [2.75, 3.05) is 24.3 Å². The van der Waals surface area contributed by atoms with Crippen molar-refractivity contribution in [2.45, 2.75) is 19.9 Å². The van der Waals surface area contributed by atoms with Crippen molar-refractivity contribution in [3.8, 4) is 0 Å². The van der Waals surface area contributed by atoms with Crippen LogP contribution in [0.25, 0.3) is 0 Å². The molecule has 2 nitrogen and oxygen atoms in total. The van der Waals surface area contributed by atoms with Gasteiger partial charge in [-0.15, -0.1) is 11.3 Å². The zero-order chi connectivity index (χ0) is 13.1. The zero-order valence-corrected chi connectivity index (χ0v) is 12.2. The van der Waals surface area contributed by atoms with Crippen LogP contribution in [0, 0.1) is 6.92 Å². The zero-order valence-electron chi connectivity index (χ0n) is 11.4. The van der Waals surface area contributed by atoms with Gasteiger partial charge in [0.15, 0.2) is 0 Å². The second-order valence-electron chi connectivity index (χ2n) is 4.78. The number of hydrogen-bond donors (Lipinski definition) is 1. The van der Waals surface area contributed by atoms with E-state index in [1.165, 1.54) is 21.8 Å². The molecule has 0 aliphatic heterocycles. The van der Waals surface area contributed by atoms with Gasteiger partial charge in [0, 0.05) is 30.3 Å². The SMILES string of the molecule is Cc1ccc(NC(C)c2cccs2)cc1N(C)C. The summed E-state index contributed by atoms with van der Waals surface area (Å²) in [4.78, 5) is 3.51. The number of nitrogens with zero attached hydrogens (tertiary/aromatic N) is 1. The molecular weight excluding hydrogens is 240 g/mol. The molecule has 2 aromatic rings. The van der Waals surface area contributed by atoms with E-state index in [2.05, 4.69) is 73.9 Å². The molecule has 1 unspecified atom stereocenters. The Labute approximate surface area is 113 Å². The molecule has 18 heavy (non-hydrogen) atoms. The number of thiophene rings is 1. The summed E-state index contributed by atoms with van der Waals surface area (Å²) in [6, 6.07) is 11.1. The van der Waals surface area contributed by atoms with Gasteiger partial charge >= 0.3 is 0 Å². The fourth-order valence-corrected chi connectivity index (χ4v) is 2.77. The molecule has 1 N–H and O–H groups in total. The van der Waals surface area contributed by atoms with Crippen molar-refractivity contribution < 1.29 is 0 Å². The first-order valence-corrected chi connectivity index (χ1v) is 7.04. The van der Waals surface area contributed by atoms with Crippen molar-refractivity contribution in [2.24, 2.45) is 0 Å². The summed E-state index contributed by atoms with van der Waals surface area (Å²) >= 11 is 1.79. The quantitative estimate of drug-likeness (QED) is 0.882. The first-order chi connectivity index (χ1) is 8.58. The van der Waals surface area contributed by atoms with Gasteiger partial charge in [-0.25, -0.2) is 0 Å². The van der Waals surface area contributed by atoms with Crippen LogP contribution in [-0.2, 0) is 0 Å². The van der Waals surface area contributed by atoms with E-state index in [-0.39, 0.29) is 0 Å². The van der Waals surface area contributed by atoms with Gasteiger partial charge in [-0.3, -0.25) is 0 Å². The van der Waals surface area contributed by atoms with Crippen LogP contribution < -0.4 is 10.2 Å². The molecule has 0 saturated carbocycles. The Kier molecular flexibility index (Phi) is 3.92. The fraction of sp³-hybridized carbons (Fsp3) is 0.333. The summed E-state index contributed by atoms with van der Waals surface area (Å²) in [6.07, 6.45) is 0. The van der Waals surface area contributed by atoms with Crippen molar-refractivity contribution in [1.82, 2.24) is 0 Å². The second kappa shape index (κ2) is 5.44. The van der Waals surface area contributed by atoms with E-state index in [0.29, 0.717) is 6.04 Å². The Morgan fingerprint density at radius 3 is 2.61 bits per heavy atom. The lowest BCUT2D eigenvalue weighted by Gasteiger charge is -2.19. The Morgan fingerprint density at radius 2 is 2.00 bits per heavy atom. The molecule has 0 fully saturated rings. The fourth-order valence-electron chi connectivity index (χ4n) is 2.04. The van der Waals surface area contributed by atoms with E-state index < -0.39 is 0 Å². The average molecular weight is 260 g/mol. The highest BCUT2D eigenvalue weighted by atomic mass is 32.1. The van der Waals surface area contributed by atoms with Crippen LogP contribution >= 0.6 is 11.3 Å². The molecule has 1 aromatic heterocycles. The highest BCUT2D eigenvalue weighted by Crippen LogP contribution is 2.27. The average Bonchev–Trinajstić information content (AvgIpc) is 2.85. The third-order valence-electron chi connectivity index (χ3n) is 3.04. The van der Waals surface area contributed by atoms with Gasteiger partial charge in [0.1, 0.15) is 0 Å². The van der Waals surface area contributed by atoms with Crippen LogP contribution in [0.4, 0.5) is 11.4 Å². The van der Waals surface area contributed by atoms with Gasteiger partial charge in [0.05, 0.1) is 6.04 Å². The number of benzene rings is 1. The molecule has 0 amide bonds. The highest BCUT2D eigenvalue weighted by molar-refractivity contribution is 7.10. The molecule has 0 aliphatic carbocycles. The molecule has 0 radical (unpaired) electrons. The molecule has 0 saturated heterocycles. The Hall–Kier alpha value is -1.48. The molecular formula is C15H20N2S. The van der Waals surface area contributed by atoms with Gasteiger partial charge in [0.2, 0.25) is 0 Å². The van der Waals surface area contributed by atoms with Crippen molar-refractivity contribution >= 4 is 22.7 Å². The third kappa shape index (κ3) is 2.85. The van der Waals surface area contributed by atoms with E-state index in [0.717, 1.165) is 0 Å². The molecule has 1 heterocycles. The normalized spacial score (nSPS) is 12.2. The summed E-state index contributed by atoms with van der Waals surface area (Å²) in [5.74, 6) is 0. The molecule has 1 atom stereocenters. The minimum atomic E-state index is 0.350. The predicted octanol–water partition coefficient (Wildman–Crippen LogP) is 4.30. The molecule has 96 valence electrons. The smallest absolute Gasteiger partial charge is 0.0578 e. The topological polar surface area (TPSA) is 15.3 Å². The van der Waals surface area contributed by atoms with Gasteiger partial charge in [-0.1, -0.05) is 12.1 Å². The van der Waals surface area contributed by atoms with Gasteiger partial charge < -0.3 is 10.2 Å². The lowest BCUT2D eigenvalue weighted by Crippen LogP contribution is -2.11. The lowest BCUT2D eigenvalue weighted by molar-refractivity contribution is 0.907. The van der Waals surface area contributed by atoms with E-state index >= 15 is 0 Å². The minimum absolute atomic E-state index is 0.350. The van der Waals surface area contributed by atoms with Gasteiger partial charge in [0.25, 0.3) is 0 Å². The summed E-state index contributed by atoms with van der Waals surface area (Å²) in [7, 11) is 4.16. The molecule has 0 aliphatic rings. The monoisotopic (exact) mass is 260 g/mol. The van der Waals surface area contributed by atoms with Crippen LogP contribution in [-0.4, -0.2) is 14.1 Å². The molecule has 0 bridgehead atoms. The van der Waals surface area contributed by atoms with Crippen LogP contribution in [0.1, 0.15) is 23.4 Å². The predicted molar refractivity (Wildman–Crippen MR) is 81.9 cm³/mol. The summed E-state index contributed by atoms with van der Waals surface area (Å²) in [5.41, 5.74) is 3.73. The summed E-state index contributed by atoms with van der Waals surface area (Å²) < 4.78 is 0. The van der Waals surface area contributed by atoms with Gasteiger partial charge in [-0.2, -0.15) is 0 Å². The Balaban J connectivity index is 2.17. The van der Waals surface area contributed by atoms with E-state index in [1.54, 1.807) is 11.3 Å². The Bertz CT molecular complexity index is 503. The number of nitrogens with one attached hydrogen (secondary N) is 1.